The Morgan fingerprint density at radius 3 is 1.55 bits per heavy atom. The molecular formula is C48H30N2S. The number of hydrogen-bond donors (Lipinski definition) is 0. The van der Waals surface area contributed by atoms with Crippen molar-refractivity contribution in [1.29, 1.82) is 0 Å². The van der Waals surface area contributed by atoms with Gasteiger partial charge in [-0.2, -0.15) is 0 Å². The van der Waals surface area contributed by atoms with Crippen LogP contribution in [-0.4, -0.2) is 9.13 Å². The molecule has 0 radical (unpaired) electrons. The predicted octanol–water partition coefficient (Wildman–Crippen LogP) is 13.6. The summed E-state index contributed by atoms with van der Waals surface area (Å²) in [6.07, 6.45) is 0. The second-order valence-electron chi connectivity index (χ2n) is 13.3. The fourth-order valence-corrected chi connectivity index (χ4v) is 9.42. The Bertz CT molecular complexity index is 3130. The van der Waals surface area contributed by atoms with Crippen LogP contribution in [0.4, 0.5) is 0 Å². The lowest BCUT2D eigenvalue weighted by molar-refractivity contribution is 1.18. The summed E-state index contributed by atoms with van der Waals surface area (Å²) in [6, 6.07) is 66.6. The van der Waals surface area contributed by atoms with Gasteiger partial charge in [-0.05, 0) is 89.0 Å². The van der Waals surface area contributed by atoms with E-state index in [1.807, 2.05) is 11.3 Å². The first-order valence-electron chi connectivity index (χ1n) is 17.4. The molecule has 51 heavy (non-hydrogen) atoms. The summed E-state index contributed by atoms with van der Waals surface area (Å²) in [4.78, 5) is 0. The normalized spacial score (nSPS) is 11.9. The Morgan fingerprint density at radius 2 is 0.882 bits per heavy atom. The number of nitrogens with zero attached hydrogens (tertiary/aromatic N) is 2. The number of hydrogen-bond acceptors (Lipinski definition) is 1. The van der Waals surface area contributed by atoms with Crippen LogP contribution >= 0.6 is 11.3 Å². The smallest absolute Gasteiger partial charge is 0.0541 e. The molecule has 8 aromatic carbocycles. The van der Waals surface area contributed by atoms with Crippen LogP contribution in [0.3, 0.4) is 0 Å². The number of thiophene rings is 1. The van der Waals surface area contributed by atoms with Crippen molar-refractivity contribution in [3.63, 3.8) is 0 Å². The van der Waals surface area contributed by atoms with Crippen LogP contribution in [0.2, 0.25) is 0 Å². The monoisotopic (exact) mass is 666 g/mol. The number of fused-ring (bicyclic) bond motifs is 9. The molecule has 0 spiro atoms. The molecule has 2 nitrogen and oxygen atoms in total. The quantitative estimate of drug-likeness (QED) is 0.177. The lowest BCUT2D eigenvalue weighted by atomic mass is 9.99. The van der Waals surface area contributed by atoms with Crippen molar-refractivity contribution in [2.24, 2.45) is 0 Å². The lowest BCUT2D eigenvalue weighted by Gasteiger charge is -2.10. The van der Waals surface area contributed by atoms with Gasteiger partial charge >= 0.3 is 0 Å². The van der Waals surface area contributed by atoms with Gasteiger partial charge in [-0.15, -0.1) is 11.3 Å². The summed E-state index contributed by atoms with van der Waals surface area (Å²) in [7, 11) is 0. The highest BCUT2D eigenvalue weighted by Gasteiger charge is 2.17. The Kier molecular flexibility index (Phi) is 6.16. The first-order chi connectivity index (χ1) is 25.3. The van der Waals surface area contributed by atoms with Gasteiger partial charge in [0.15, 0.2) is 0 Å². The third-order valence-corrected chi connectivity index (χ3v) is 11.6. The minimum Gasteiger partial charge on any atom is -0.309 e. The molecule has 0 amide bonds. The van der Waals surface area contributed by atoms with Crippen LogP contribution in [0.1, 0.15) is 0 Å². The Balaban J connectivity index is 1.08. The summed E-state index contributed by atoms with van der Waals surface area (Å²) in [5.41, 5.74) is 12.2. The van der Waals surface area contributed by atoms with Gasteiger partial charge in [0, 0.05) is 53.1 Å². The van der Waals surface area contributed by atoms with Gasteiger partial charge in [-0.3, -0.25) is 0 Å². The Hall–Kier alpha value is -6.42. The zero-order valence-electron chi connectivity index (χ0n) is 27.6. The molecule has 0 unspecified atom stereocenters. The summed E-state index contributed by atoms with van der Waals surface area (Å²) >= 11 is 1.88. The molecule has 0 bridgehead atoms. The third kappa shape index (κ3) is 4.29. The molecule has 0 aliphatic rings. The maximum atomic E-state index is 2.44. The molecule has 0 atom stereocenters. The maximum absolute atomic E-state index is 2.44. The molecule has 0 aliphatic carbocycles. The van der Waals surface area contributed by atoms with Crippen LogP contribution in [-0.2, 0) is 0 Å². The molecule has 0 aliphatic heterocycles. The van der Waals surface area contributed by atoms with E-state index in [9.17, 15) is 0 Å². The summed E-state index contributed by atoms with van der Waals surface area (Å²) in [6.45, 7) is 0. The van der Waals surface area contributed by atoms with Gasteiger partial charge in [-0.25, -0.2) is 0 Å². The molecular weight excluding hydrogens is 637 g/mol. The van der Waals surface area contributed by atoms with Crippen LogP contribution < -0.4 is 0 Å². The highest BCUT2D eigenvalue weighted by molar-refractivity contribution is 7.26. The molecule has 0 saturated carbocycles. The van der Waals surface area contributed by atoms with Crippen LogP contribution in [0.15, 0.2) is 182 Å². The number of rotatable bonds is 4. The zero-order valence-corrected chi connectivity index (χ0v) is 28.4. The van der Waals surface area contributed by atoms with E-state index in [-0.39, 0.29) is 0 Å². The molecule has 3 aromatic heterocycles. The van der Waals surface area contributed by atoms with E-state index in [1.165, 1.54) is 97.4 Å². The van der Waals surface area contributed by atoms with E-state index in [1.54, 1.807) is 0 Å². The Labute approximate surface area is 298 Å². The molecule has 11 aromatic rings. The molecule has 11 rings (SSSR count). The number of benzene rings is 8. The molecule has 0 saturated heterocycles. The lowest BCUT2D eigenvalue weighted by Crippen LogP contribution is -1.93. The van der Waals surface area contributed by atoms with Gasteiger partial charge in [0.25, 0.3) is 0 Å². The van der Waals surface area contributed by atoms with Crippen LogP contribution in [0, 0.1) is 0 Å². The van der Waals surface area contributed by atoms with E-state index < -0.39 is 0 Å². The van der Waals surface area contributed by atoms with Crippen molar-refractivity contribution < 1.29 is 0 Å². The summed E-state index contributed by atoms with van der Waals surface area (Å²) in [5, 5.41) is 7.71. The number of aromatic nitrogens is 2. The third-order valence-electron chi connectivity index (χ3n) is 10.5. The minimum atomic E-state index is 1.18. The molecule has 3 heteroatoms. The fourth-order valence-electron chi connectivity index (χ4n) is 8.25. The predicted molar refractivity (Wildman–Crippen MR) is 219 cm³/mol. The maximum Gasteiger partial charge on any atom is 0.0541 e. The molecule has 238 valence electrons. The minimum absolute atomic E-state index is 1.18. The number of para-hydroxylation sites is 3. The van der Waals surface area contributed by atoms with E-state index in [0.717, 1.165) is 0 Å². The van der Waals surface area contributed by atoms with Crippen molar-refractivity contribution in [3.05, 3.63) is 182 Å². The second-order valence-corrected chi connectivity index (χ2v) is 14.4. The first kappa shape index (κ1) is 28.4. The van der Waals surface area contributed by atoms with Gasteiger partial charge in [0.2, 0.25) is 0 Å². The van der Waals surface area contributed by atoms with Crippen molar-refractivity contribution in [2.75, 3.05) is 0 Å². The van der Waals surface area contributed by atoms with E-state index >= 15 is 0 Å². The topological polar surface area (TPSA) is 9.86 Å². The first-order valence-corrected chi connectivity index (χ1v) is 18.3. The van der Waals surface area contributed by atoms with Gasteiger partial charge < -0.3 is 9.13 Å². The van der Waals surface area contributed by atoms with Crippen LogP contribution in [0.25, 0.3) is 97.4 Å². The van der Waals surface area contributed by atoms with Crippen molar-refractivity contribution in [1.82, 2.24) is 9.13 Å². The van der Waals surface area contributed by atoms with E-state index in [0.29, 0.717) is 0 Å². The fraction of sp³-hybridized carbons (Fsp3) is 0. The van der Waals surface area contributed by atoms with Gasteiger partial charge in [0.05, 0.1) is 22.1 Å². The van der Waals surface area contributed by atoms with E-state index in [2.05, 4.69) is 191 Å². The largest absolute Gasteiger partial charge is 0.309 e. The Morgan fingerprint density at radius 1 is 0.314 bits per heavy atom. The zero-order chi connectivity index (χ0) is 33.5. The highest BCUT2D eigenvalue weighted by Crippen LogP contribution is 2.42. The highest BCUT2D eigenvalue weighted by atomic mass is 32.1. The summed E-state index contributed by atoms with van der Waals surface area (Å²) in [5.74, 6) is 0. The van der Waals surface area contributed by atoms with Gasteiger partial charge in [0.1, 0.15) is 0 Å². The molecule has 0 N–H and O–H groups in total. The van der Waals surface area contributed by atoms with Crippen molar-refractivity contribution in [2.45, 2.75) is 0 Å². The average molecular weight is 667 g/mol. The van der Waals surface area contributed by atoms with Gasteiger partial charge in [-0.1, -0.05) is 115 Å². The molecule has 3 heterocycles. The van der Waals surface area contributed by atoms with Crippen LogP contribution in [0.5, 0.6) is 0 Å². The van der Waals surface area contributed by atoms with Crippen molar-refractivity contribution >= 4 is 75.1 Å². The van der Waals surface area contributed by atoms with Crippen molar-refractivity contribution in [3.8, 4) is 33.6 Å². The second kappa shape index (κ2) is 11.0. The SMILES string of the molecule is c1ccc(-c2cccc3sc4cc(-n5c6ccccc6c6cc(-c7ccc8c(c7)c7ccccc7n8-c7ccccc7)ccc65)ccc4c23)cc1. The van der Waals surface area contributed by atoms with E-state index in [4.69, 9.17) is 0 Å². The molecule has 0 fully saturated rings. The standard InChI is InChI=1S/C48H30N2S/c1-3-12-31(13-4-1)36-18-11-21-46-48(36)39-25-24-35(30-47(39)51-46)50-43-20-10-8-17-38(43)41-29-33(23-27-45(41)50)32-22-26-44-40(28-32)37-16-7-9-19-42(37)49(44)34-14-5-2-6-15-34/h1-30H. The average Bonchev–Trinajstić information content (AvgIpc) is 3.85. The summed E-state index contributed by atoms with van der Waals surface area (Å²) < 4.78 is 7.43.